The summed E-state index contributed by atoms with van der Waals surface area (Å²) in [5, 5.41) is 0. The van der Waals surface area contributed by atoms with Crippen molar-refractivity contribution in [1.82, 2.24) is 9.80 Å². The number of carbonyl (C=O) groups is 2. The summed E-state index contributed by atoms with van der Waals surface area (Å²) >= 11 is 5.45. The lowest BCUT2D eigenvalue weighted by Crippen LogP contribution is -2.26. The molecule has 0 aliphatic carbocycles. The Bertz CT molecular complexity index is 2070. The first-order valence-electron chi connectivity index (χ1n) is 23.1. The highest BCUT2D eigenvalue weighted by Gasteiger charge is 2.51. The Morgan fingerprint density at radius 2 is 0.948 bits per heavy atom. The van der Waals surface area contributed by atoms with Crippen molar-refractivity contribution in [3.8, 4) is 9.75 Å². The Morgan fingerprint density at radius 3 is 1.40 bits per heavy atom. The molecule has 4 aliphatic rings. The van der Waals surface area contributed by atoms with E-state index in [1.54, 1.807) is 21.1 Å². The fraction of sp³-hybridized carbons (Fsp3) is 0.569. The van der Waals surface area contributed by atoms with Gasteiger partial charge in [-0.3, -0.25) is 19.4 Å². The number of carbonyl (C=O) groups excluding carboxylic acids is 2. The Hall–Kier alpha value is -3.00. The first-order valence-corrected chi connectivity index (χ1v) is 25.5. The minimum Gasteiger partial charge on any atom is -0.281 e. The zero-order chi connectivity index (χ0) is 40.8. The van der Waals surface area contributed by atoms with Crippen molar-refractivity contribution in [2.45, 2.75) is 188 Å². The van der Waals surface area contributed by atoms with E-state index in [0.717, 1.165) is 40.4 Å². The highest BCUT2D eigenvalue weighted by atomic mass is 32.1. The van der Waals surface area contributed by atoms with Crippen molar-refractivity contribution >= 4 is 69.4 Å². The van der Waals surface area contributed by atoms with Crippen LogP contribution >= 0.6 is 34.0 Å². The van der Waals surface area contributed by atoms with Crippen molar-refractivity contribution in [3.63, 3.8) is 0 Å². The van der Waals surface area contributed by atoms with E-state index in [-0.39, 0.29) is 17.2 Å². The molecule has 0 atom stereocenters. The molecule has 0 fully saturated rings. The van der Waals surface area contributed by atoms with Gasteiger partial charge in [-0.25, -0.2) is 0 Å². The van der Waals surface area contributed by atoms with E-state index in [0.29, 0.717) is 11.1 Å². The minimum absolute atomic E-state index is 0.0311. The van der Waals surface area contributed by atoms with Crippen LogP contribution < -0.4 is 0 Å². The standard InChI is InChI=1S/C51H68N2O2S3/c1-7-9-11-13-15-17-19-21-23-25-27-36-37-31-33-52-43(46(37)57-45(36)40-30-29-35(3)56-40)41-42(50(52)55)44-47-38(32-34-53(44)49(41)54)39(48(58-47)51(4,5)6)28-26-24-22-20-18-16-14-12-10-8-2/h29-34H,7-28H2,1-6H3. The third-order valence-electron chi connectivity index (χ3n) is 12.6. The molecular formula is C51H68N2O2S3. The second-order valence-electron chi connectivity index (χ2n) is 18.3. The second-order valence-corrected chi connectivity index (χ2v) is 21.6. The van der Waals surface area contributed by atoms with Crippen LogP contribution in [0.25, 0.3) is 33.3 Å². The number of hydrogen-bond donors (Lipinski definition) is 0. The lowest BCUT2D eigenvalue weighted by molar-refractivity contribution is -0.122. The third-order valence-corrected chi connectivity index (χ3v) is 16.7. The van der Waals surface area contributed by atoms with Gasteiger partial charge in [0.25, 0.3) is 11.8 Å². The highest BCUT2D eigenvalue weighted by molar-refractivity contribution is 7.23. The Balaban J connectivity index is 1.14. The molecule has 0 unspecified atom stereocenters. The van der Waals surface area contributed by atoms with Crippen molar-refractivity contribution in [3.05, 3.63) is 77.4 Å². The molecule has 7 heteroatoms. The van der Waals surface area contributed by atoms with Crippen LogP contribution in [0.2, 0.25) is 0 Å². The van der Waals surface area contributed by atoms with Crippen molar-refractivity contribution < 1.29 is 9.59 Å². The molecule has 58 heavy (non-hydrogen) atoms. The zero-order valence-electron chi connectivity index (χ0n) is 36.5. The molecule has 0 bridgehead atoms. The summed E-state index contributed by atoms with van der Waals surface area (Å²) < 4.78 is 0. The van der Waals surface area contributed by atoms with Gasteiger partial charge in [-0.05, 0) is 84.6 Å². The maximum Gasteiger partial charge on any atom is 0.265 e. The van der Waals surface area contributed by atoms with Crippen LogP contribution in [0.4, 0.5) is 0 Å². The summed E-state index contributed by atoms with van der Waals surface area (Å²) in [5.74, 6) is -0.141. The van der Waals surface area contributed by atoms with Gasteiger partial charge in [0.15, 0.2) is 0 Å². The molecule has 3 aromatic heterocycles. The van der Waals surface area contributed by atoms with Crippen LogP contribution in [0.15, 0.2) is 35.7 Å². The van der Waals surface area contributed by atoms with Gasteiger partial charge in [-0.15, -0.1) is 34.0 Å². The monoisotopic (exact) mass is 836 g/mol. The molecule has 4 nitrogen and oxygen atoms in total. The topological polar surface area (TPSA) is 40.6 Å². The molecule has 7 heterocycles. The van der Waals surface area contributed by atoms with E-state index < -0.39 is 0 Å². The molecule has 4 aliphatic heterocycles. The van der Waals surface area contributed by atoms with E-state index >= 15 is 0 Å². The van der Waals surface area contributed by atoms with Crippen LogP contribution in [0, 0.1) is 6.92 Å². The molecular weight excluding hydrogens is 769 g/mol. The maximum atomic E-state index is 14.6. The number of unbranched alkanes of at least 4 members (excludes halogenated alkanes) is 18. The fourth-order valence-electron chi connectivity index (χ4n) is 9.46. The van der Waals surface area contributed by atoms with E-state index in [1.807, 2.05) is 35.1 Å². The van der Waals surface area contributed by atoms with Crippen molar-refractivity contribution in [1.29, 1.82) is 0 Å². The molecule has 0 saturated carbocycles. The number of hydrogen-bond acceptors (Lipinski definition) is 5. The number of rotatable bonds is 23. The van der Waals surface area contributed by atoms with Gasteiger partial charge in [0, 0.05) is 31.9 Å². The number of amides is 2. The molecule has 3 aromatic rings. The van der Waals surface area contributed by atoms with Gasteiger partial charge in [0.2, 0.25) is 0 Å². The van der Waals surface area contributed by atoms with E-state index in [1.165, 1.54) is 164 Å². The lowest BCUT2D eigenvalue weighted by atomic mass is 9.87. The normalized spacial score (nSPS) is 15.6. The largest absolute Gasteiger partial charge is 0.281 e. The highest BCUT2D eigenvalue weighted by Crippen LogP contribution is 2.56. The molecule has 0 aromatic carbocycles. The van der Waals surface area contributed by atoms with E-state index in [4.69, 9.17) is 0 Å². The van der Waals surface area contributed by atoms with Gasteiger partial charge in [-0.2, -0.15) is 0 Å². The number of nitrogens with zero attached hydrogens (tertiary/aromatic N) is 2. The predicted molar refractivity (Wildman–Crippen MR) is 252 cm³/mol. The van der Waals surface area contributed by atoms with Gasteiger partial charge in [0.05, 0.1) is 32.3 Å². The molecule has 2 amide bonds. The van der Waals surface area contributed by atoms with Crippen molar-refractivity contribution in [2.24, 2.45) is 0 Å². The van der Waals surface area contributed by atoms with Crippen LogP contribution in [0.5, 0.6) is 0 Å². The molecule has 7 rings (SSSR count). The number of thiophene rings is 3. The van der Waals surface area contributed by atoms with Gasteiger partial charge < -0.3 is 0 Å². The summed E-state index contributed by atoms with van der Waals surface area (Å²) in [7, 11) is 0. The smallest absolute Gasteiger partial charge is 0.265 e. The SMILES string of the molecule is CCCCCCCCCCCCc1c(-c2ccc(C)s2)sc2c1C=CN1C(=O)C3=C4c5sc(C(C)(C)C)c(CCCCCCCCCCCC)c5C=CN4C(=O)C3=C21. The molecule has 0 spiro atoms. The maximum absolute atomic E-state index is 14.6. The van der Waals surface area contributed by atoms with Crippen LogP contribution in [0.3, 0.4) is 0 Å². The van der Waals surface area contributed by atoms with Gasteiger partial charge >= 0.3 is 0 Å². The van der Waals surface area contributed by atoms with Crippen molar-refractivity contribution in [2.75, 3.05) is 0 Å². The fourth-order valence-corrected chi connectivity index (χ4v) is 13.3. The summed E-state index contributed by atoms with van der Waals surface area (Å²) in [6, 6.07) is 4.48. The van der Waals surface area contributed by atoms with Gasteiger partial charge in [-0.1, -0.05) is 150 Å². The van der Waals surface area contributed by atoms with Crippen LogP contribution in [-0.4, -0.2) is 21.6 Å². The Labute approximate surface area is 362 Å². The first kappa shape index (κ1) is 43.1. The molecule has 0 saturated heterocycles. The zero-order valence-corrected chi connectivity index (χ0v) is 38.9. The van der Waals surface area contributed by atoms with Crippen LogP contribution in [-0.2, 0) is 27.8 Å². The number of aryl methyl sites for hydroxylation is 1. The quantitative estimate of drug-likeness (QED) is 0.0893. The molecule has 312 valence electrons. The minimum atomic E-state index is -0.0703. The van der Waals surface area contributed by atoms with E-state index in [9.17, 15) is 9.59 Å². The predicted octanol–water partition coefficient (Wildman–Crippen LogP) is 15.8. The summed E-state index contributed by atoms with van der Waals surface area (Å²) in [4.78, 5) is 40.3. The summed E-state index contributed by atoms with van der Waals surface area (Å²) in [5.41, 5.74) is 7.98. The third kappa shape index (κ3) is 9.03. The van der Waals surface area contributed by atoms with Gasteiger partial charge in [0.1, 0.15) is 0 Å². The summed E-state index contributed by atoms with van der Waals surface area (Å²) in [6.45, 7) is 13.7. The summed E-state index contributed by atoms with van der Waals surface area (Å²) in [6.07, 6.45) is 36.7. The van der Waals surface area contributed by atoms with E-state index in [2.05, 4.69) is 65.8 Å². The molecule has 0 N–H and O–H groups in total. The van der Waals surface area contributed by atoms with Crippen LogP contribution in [0.1, 0.15) is 205 Å². The average Bonchev–Trinajstić information content (AvgIpc) is 4.01. The lowest BCUT2D eigenvalue weighted by Gasteiger charge is -2.24. The second kappa shape index (κ2) is 19.6. The first-order chi connectivity index (χ1) is 28.2. The Morgan fingerprint density at radius 1 is 0.517 bits per heavy atom. The Kier molecular flexibility index (Phi) is 14.6. The molecule has 0 radical (unpaired) electrons. The number of fused-ring (bicyclic) bond motifs is 7. The average molecular weight is 837 g/mol.